The molecule has 30 heavy (non-hydrogen) atoms. The van der Waals surface area contributed by atoms with Crippen molar-refractivity contribution in [2.24, 2.45) is 0 Å². The van der Waals surface area contributed by atoms with Crippen molar-refractivity contribution in [1.82, 2.24) is 9.21 Å². The van der Waals surface area contributed by atoms with Crippen LogP contribution in [0.25, 0.3) is 0 Å². The predicted molar refractivity (Wildman–Crippen MR) is 118 cm³/mol. The van der Waals surface area contributed by atoms with Crippen molar-refractivity contribution in [3.8, 4) is 0 Å². The van der Waals surface area contributed by atoms with Crippen LogP contribution >= 0.6 is 11.8 Å². The Labute approximate surface area is 181 Å². The third-order valence-electron chi connectivity index (χ3n) is 4.98. The zero-order valence-electron chi connectivity index (χ0n) is 16.9. The fourth-order valence-electron chi connectivity index (χ4n) is 3.18. The highest BCUT2D eigenvalue weighted by molar-refractivity contribution is 7.99. The van der Waals surface area contributed by atoms with Crippen LogP contribution in [0.3, 0.4) is 0 Å². The number of sulfonamides is 1. The Bertz CT molecular complexity index is 960. The highest BCUT2D eigenvalue weighted by Crippen LogP contribution is 2.23. The molecule has 1 saturated heterocycles. The van der Waals surface area contributed by atoms with Crippen LogP contribution in [0, 0.1) is 5.82 Å². The number of benzene rings is 2. The number of likely N-dealkylation sites (N-methyl/N-ethyl adjacent to an activating group) is 1. The summed E-state index contributed by atoms with van der Waals surface area (Å²) in [4.78, 5) is 15.1. The molecular weight excluding hydrogens is 425 g/mol. The van der Waals surface area contributed by atoms with Gasteiger partial charge in [0, 0.05) is 48.9 Å². The summed E-state index contributed by atoms with van der Waals surface area (Å²) >= 11 is 1.29. The van der Waals surface area contributed by atoms with Gasteiger partial charge in [-0.05, 0) is 42.9 Å². The normalized spacial score (nSPS) is 15.8. The van der Waals surface area contributed by atoms with Gasteiger partial charge in [-0.1, -0.05) is 19.1 Å². The molecule has 1 heterocycles. The lowest BCUT2D eigenvalue weighted by atomic mass is 10.3. The molecule has 1 N–H and O–H groups in total. The van der Waals surface area contributed by atoms with Crippen molar-refractivity contribution in [2.75, 3.05) is 43.8 Å². The van der Waals surface area contributed by atoms with Gasteiger partial charge in [0.05, 0.1) is 4.90 Å². The molecule has 0 radical (unpaired) electrons. The second kappa shape index (κ2) is 10.4. The molecule has 3 rings (SSSR count). The number of piperazine rings is 1. The van der Waals surface area contributed by atoms with Gasteiger partial charge in [-0.15, -0.1) is 11.8 Å². The number of rotatable bonds is 8. The van der Waals surface area contributed by atoms with Crippen molar-refractivity contribution in [2.45, 2.75) is 23.1 Å². The maximum Gasteiger partial charge on any atom is 0.243 e. The number of hydrogen-bond acceptors (Lipinski definition) is 5. The van der Waals surface area contributed by atoms with Gasteiger partial charge in [0.1, 0.15) is 5.82 Å². The van der Waals surface area contributed by atoms with Crippen LogP contribution in [0.15, 0.2) is 58.3 Å². The van der Waals surface area contributed by atoms with E-state index in [0.29, 0.717) is 29.4 Å². The lowest BCUT2D eigenvalue weighted by Gasteiger charge is -2.33. The summed E-state index contributed by atoms with van der Waals surface area (Å²) in [6, 6.07) is 12.7. The van der Waals surface area contributed by atoms with Crippen LogP contribution in [0.2, 0.25) is 0 Å². The van der Waals surface area contributed by atoms with E-state index in [0.717, 1.165) is 19.6 Å². The number of carbonyl (C=O) groups is 1. The number of nitrogens with one attached hydrogen (secondary N) is 1. The molecule has 0 aromatic heterocycles. The number of anilines is 1. The number of hydrogen-bond donors (Lipinski definition) is 1. The first-order valence-electron chi connectivity index (χ1n) is 9.90. The van der Waals surface area contributed by atoms with E-state index in [2.05, 4.69) is 17.1 Å². The Balaban J connectivity index is 1.51. The van der Waals surface area contributed by atoms with Gasteiger partial charge in [-0.2, -0.15) is 4.31 Å². The molecule has 1 aliphatic heterocycles. The molecular formula is C21H26FN3O3S2. The average molecular weight is 452 g/mol. The molecule has 9 heteroatoms. The third-order valence-corrected chi connectivity index (χ3v) is 7.94. The summed E-state index contributed by atoms with van der Waals surface area (Å²) in [7, 11) is -3.53. The minimum Gasteiger partial charge on any atom is -0.326 e. The summed E-state index contributed by atoms with van der Waals surface area (Å²) in [5.74, 6) is -0.0517. The Morgan fingerprint density at radius 2 is 1.73 bits per heavy atom. The molecule has 2 aromatic rings. The van der Waals surface area contributed by atoms with Crippen LogP contribution in [0.1, 0.15) is 13.3 Å². The summed E-state index contributed by atoms with van der Waals surface area (Å²) in [5.41, 5.74) is 0.533. The maximum atomic E-state index is 13.6. The van der Waals surface area contributed by atoms with Gasteiger partial charge >= 0.3 is 0 Å². The number of amides is 1. The molecule has 0 bridgehead atoms. The molecule has 1 aliphatic rings. The molecule has 0 aliphatic carbocycles. The van der Waals surface area contributed by atoms with Crippen molar-refractivity contribution in [1.29, 1.82) is 0 Å². The molecule has 0 unspecified atom stereocenters. The summed E-state index contributed by atoms with van der Waals surface area (Å²) < 4.78 is 40.7. The fraction of sp³-hybridized carbons (Fsp3) is 0.381. The zero-order chi connectivity index (χ0) is 21.6. The fourth-order valence-corrected chi connectivity index (χ4v) is 5.49. The maximum absolute atomic E-state index is 13.6. The van der Waals surface area contributed by atoms with E-state index >= 15 is 0 Å². The van der Waals surface area contributed by atoms with E-state index in [9.17, 15) is 17.6 Å². The third kappa shape index (κ3) is 5.81. The first-order chi connectivity index (χ1) is 14.4. The molecule has 0 spiro atoms. The van der Waals surface area contributed by atoms with Crippen LogP contribution in [-0.2, 0) is 14.8 Å². The van der Waals surface area contributed by atoms with Crippen LogP contribution < -0.4 is 5.32 Å². The summed E-state index contributed by atoms with van der Waals surface area (Å²) in [5, 5.41) is 2.75. The smallest absolute Gasteiger partial charge is 0.243 e. The predicted octanol–water partition coefficient (Wildman–Crippen LogP) is 3.27. The minimum absolute atomic E-state index is 0.204. The number of halogens is 1. The summed E-state index contributed by atoms with van der Waals surface area (Å²) in [6.45, 7) is 5.41. The van der Waals surface area contributed by atoms with E-state index in [4.69, 9.17) is 0 Å². The molecule has 1 amide bonds. The van der Waals surface area contributed by atoms with Crippen LogP contribution in [0.4, 0.5) is 10.1 Å². The topological polar surface area (TPSA) is 69.7 Å². The van der Waals surface area contributed by atoms with Crippen LogP contribution in [0.5, 0.6) is 0 Å². The largest absolute Gasteiger partial charge is 0.326 e. The standard InChI is InChI=1S/C21H26FN3O3S2/c1-2-24-12-14-25(15-13-24)30(27,28)18-9-7-17(8-10-18)23-21(26)11-16-29-20-6-4-3-5-19(20)22/h3-10H,2,11-16H2,1H3,(H,23,26). The van der Waals surface area contributed by atoms with E-state index < -0.39 is 10.0 Å². The van der Waals surface area contributed by atoms with E-state index in [1.54, 1.807) is 30.3 Å². The van der Waals surface area contributed by atoms with Gasteiger partial charge in [-0.25, -0.2) is 12.8 Å². The van der Waals surface area contributed by atoms with E-state index in [-0.39, 0.29) is 23.0 Å². The quantitative estimate of drug-likeness (QED) is 0.624. The molecule has 1 fully saturated rings. The van der Waals surface area contributed by atoms with Crippen LogP contribution in [-0.4, -0.2) is 62.0 Å². The Morgan fingerprint density at radius 1 is 1.07 bits per heavy atom. The molecule has 0 atom stereocenters. The Kier molecular flexibility index (Phi) is 7.87. The monoisotopic (exact) mass is 451 g/mol. The lowest BCUT2D eigenvalue weighted by Crippen LogP contribution is -2.48. The second-order valence-corrected chi connectivity index (χ2v) is 10.0. The Morgan fingerprint density at radius 3 is 2.37 bits per heavy atom. The zero-order valence-corrected chi connectivity index (χ0v) is 18.5. The molecule has 6 nitrogen and oxygen atoms in total. The van der Waals surface area contributed by atoms with Gasteiger partial charge in [0.25, 0.3) is 0 Å². The van der Waals surface area contributed by atoms with Gasteiger partial charge in [0.15, 0.2) is 0 Å². The Hall–Kier alpha value is -1.94. The number of thioether (sulfide) groups is 1. The minimum atomic E-state index is -3.53. The number of carbonyl (C=O) groups excluding carboxylic acids is 1. The highest BCUT2D eigenvalue weighted by Gasteiger charge is 2.27. The van der Waals surface area contributed by atoms with Crippen molar-refractivity contribution >= 4 is 33.4 Å². The van der Waals surface area contributed by atoms with Crippen molar-refractivity contribution in [3.05, 3.63) is 54.3 Å². The van der Waals surface area contributed by atoms with Gasteiger partial charge < -0.3 is 10.2 Å². The average Bonchev–Trinajstić information content (AvgIpc) is 2.75. The van der Waals surface area contributed by atoms with Crippen molar-refractivity contribution < 1.29 is 17.6 Å². The molecule has 0 saturated carbocycles. The van der Waals surface area contributed by atoms with E-state index in [1.165, 1.54) is 34.3 Å². The first-order valence-corrected chi connectivity index (χ1v) is 12.3. The van der Waals surface area contributed by atoms with Gasteiger partial charge in [0.2, 0.25) is 15.9 Å². The van der Waals surface area contributed by atoms with Crippen molar-refractivity contribution in [3.63, 3.8) is 0 Å². The first kappa shape index (κ1) is 22.7. The summed E-state index contributed by atoms with van der Waals surface area (Å²) in [6.07, 6.45) is 0.223. The molecule has 2 aromatic carbocycles. The highest BCUT2D eigenvalue weighted by atomic mass is 32.2. The molecule has 162 valence electrons. The lowest BCUT2D eigenvalue weighted by molar-refractivity contribution is -0.115. The second-order valence-electron chi connectivity index (χ2n) is 6.94. The number of nitrogens with zero attached hydrogens (tertiary/aromatic N) is 2. The van der Waals surface area contributed by atoms with Gasteiger partial charge in [-0.3, -0.25) is 4.79 Å². The van der Waals surface area contributed by atoms with E-state index in [1.807, 2.05) is 0 Å². The SMILES string of the molecule is CCN1CCN(S(=O)(=O)c2ccc(NC(=O)CCSc3ccccc3F)cc2)CC1.